The van der Waals surface area contributed by atoms with Crippen LogP contribution in [-0.2, 0) is 0 Å². The average Bonchev–Trinajstić information content (AvgIpc) is 1.85. The van der Waals surface area contributed by atoms with Crippen molar-refractivity contribution in [1.29, 1.82) is 0 Å². The molecule has 0 rings (SSSR count). The monoisotopic (exact) mass is 176 g/mol. The highest BCUT2D eigenvalue weighted by molar-refractivity contribution is 7.80. The minimum absolute atomic E-state index is 1.05. The molecule has 0 spiro atoms. The fourth-order valence-corrected chi connectivity index (χ4v) is 1.28. The molecule has 0 saturated heterocycles. The molecule has 0 aromatic carbocycles. The van der Waals surface area contributed by atoms with E-state index in [1.807, 2.05) is 0 Å². The number of rotatable bonds is 6. The van der Waals surface area contributed by atoms with Crippen LogP contribution < -0.4 is 0 Å². The molecule has 0 radical (unpaired) electrons. The molecule has 0 fully saturated rings. The van der Waals surface area contributed by atoms with Crippen molar-refractivity contribution >= 4 is 12.6 Å². The Morgan fingerprint density at radius 1 is 0.909 bits per heavy atom. The van der Waals surface area contributed by atoms with Gasteiger partial charge in [0.1, 0.15) is 0 Å². The van der Waals surface area contributed by atoms with Gasteiger partial charge >= 0.3 is 0 Å². The molecule has 0 aliphatic heterocycles. The van der Waals surface area contributed by atoms with Gasteiger partial charge in [-0.05, 0) is 25.0 Å². The van der Waals surface area contributed by atoms with E-state index in [4.69, 9.17) is 0 Å². The van der Waals surface area contributed by atoms with E-state index in [1.54, 1.807) is 0 Å². The van der Waals surface area contributed by atoms with E-state index in [2.05, 4.69) is 33.8 Å². The molecule has 0 aliphatic carbocycles. The first kappa shape index (κ1) is 11.3. The normalized spacial score (nSPS) is 12.0. The molecule has 68 valence electrons. The quantitative estimate of drug-likeness (QED) is 0.358. The first-order chi connectivity index (χ1) is 5.06. The Kier molecular flexibility index (Phi) is 6.06. The predicted molar refractivity (Wildman–Crippen MR) is 55.2 cm³/mol. The van der Waals surface area contributed by atoms with Crippen LogP contribution in [0.15, 0.2) is 0 Å². The molecule has 11 heavy (non-hydrogen) atoms. The van der Waals surface area contributed by atoms with Gasteiger partial charge in [-0.25, -0.2) is 0 Å². The number of hydrogen-bond donors (Lipinski definition) is 1. The minimum Gasteiger partial charge on any atom is -0.331 e. The minimum atomic E-state index is 1.05. The maximum absolute atomic E-state index is 4.18. The molecular formula is C9H22NS+. The maximum Gasteiger partial charge on any atom is 0.0780 e. The molecule has 0 heterocycles. The van der Waals surface area contributed by atoms with Gasteiger partial charge in [-0.15, -0.1) is 0 Å². The fraction of sp³-hybridized carbons (Fsp3) is 1.00. The second-order valence-corrected chi connectivity index (χ2v) is 4.60. The molecule has 0 unspecified atom stereocenters. The van der Waals surface area contributed by atoms with Crippen molar-refractivity contribution in [3.63, 3.8) is 0 Å². The Morgan fingerprint density at radius 2 is 1.45 bits per heavy atom. The molecule has 0 amide bonds. The lowest BCUT2D eigenvalue weighted by Gasteiger charge is -2.23. The maximum atomic E-state index is 4.18. The number of hydrogen-bond acceptors (Lipinski definition) is 1. The number of quaternary nitrogens is 1. The largest absolute Gasteiger partial charge is 0.331 e. The van der Waals surface area contributed by atoms with E-state index >= 15 is 0 Å². The van der Waals surface area contributed by atoms with Gasteiger partial charge in [0.25, 0.3) is 0 Å². The molecule has 1 nitrogen and oxygen atoms in total. The zero-order chi connectivity index (χ0) is 8.74. The second kappa shape index (κ2) is 5.90. The van der Waals surface area contributed by atoms with Gasteiger partial charge in [-0.1, -0.05) is 6.42 Å². The number of nitrogens with zero attached hydrogens (tertiary/aromatic N) is 1. The Bertz CT molecular complexity index is 86.1. The van der Waals surface area contributed by atoms with Gasteiger partial charge < -0.3 is 4.48 Å². The summed E-state index contributed by atoms with van der Waals surface area (Å²) < 4.78 is 1.10. The van der Waals surface area contributed by atoms with Crippen LogP contribution in [0, 0.1) is 0 Å². The van der Waals surface area contributed by atoms with Crippen molar-refractivity contribution in [2.45, 2.75) is 25.7 Å². The summed E-state index contributed by atoms with van der Waals surface area (Å²) in [5.74, 6) is 1.05. The molecule has 0 N–H and O–H groups in total. The van der Waals surface area contributed by atoms with Crippen molar-refractivity contribution in [3.8, 4) is 0 Å². The standard InChI is InChI=1S/C9H21NS/c1-10(2,3)8-6-4-5-7-9-11/h4-9H2,1-3H3/p+1. The molecule has 0 aromatic rings. The van der Waals surface area contributed by atoms with Gasteiger partial charge in [0.05, 0.1) is 27.7 Å². The van der Waals surface area contributed by atoms with Crippen LogP contribution in [-0.4, -0.2) is 37.9 Å². The first-order valence-electron chi connectivity index (χ1n) is 4.47. The van der Waals surface area contributed by atoms with E-state index < -0.39 is 0 Å². The number of thiol groups is 1. The summed E-state index contributed by atoms with van der Waals surface area (Å²) in [7, 11) is 6.75. The van der Waals surface area contributed by atoms with Crippen LogP contribution in [0.3, 0.4) is 0 Å². The molecule has 2 heteroatoms. The van der Waals surface area contributed by atoms with Crippen LogP contribution in [0.2, 0.25) is 0 Å². The highest BCUT2D eigenvalue weighted by Gasteiger charge is 2.04. The number of unbranched alkanes of at least 4 members (excludes halogenated alkanes) is 3. The van der Waals surface area contributed by atoms with Crippen molar-refractivity contribution in [1.82, 2.24) is 0 Å². The third-order valence-electron chi connectivity index (χ3n) is 1.74. The smallest absolute Gasteiger partial charge is 0.0780 e. The fourth-order valence-electron chi connectivity index (χ4n) is 1.05. The first-order valence-corrected chi connectivity index (χ1v) is 5.11. The van der Waals surface area contributed by atoms with E-state index in [0.29, 0.717) is 0 Å². The summed E-state index contributed by atoms with van der Waals surface area (Å²) in [6, 6.07) is 0. The van der Waals surface area contributed by atoms with Crippen LogP contribution >= 0.6 is 12.6 Å². The van der Waals surface area contributed by atoms with Gasteiger partial charge in [0.15, 0.2) is 0 Å². The lowest BCUT2D eigenvalue weighted by atomic mass is 10.2. The van der Waals surface area contributed by atoms with E-state index in [1.165, 1.54) is 32.2 Å². The Balaban J connectivity index is 3.02. The summed E-state index contributed by atoms with van der Waals surface area (Å²) in [5, 5.41) is 0. The Labute approximate surface area is 76.8 Å². The van der Waals surface area contributed by atoms with Gasteiger partial charge in [-0.3, -0.25) is 0 Å². The summed E-state index contributed by atoms with van der Waals surface area (Å²) in [6.45, 7) is 1.30. The van der Waals surface area contributed by atoms with E-state index in [-0.39, 0.29) is 0 Å². The molecule has 0 saturated carbocycles. The Hall–Kier alpha value is 0.310. The van der Waals surface area contributed by atoms with Gasteiger partial charge in [0.2, 0.25) is 0 Å². The Morgan fingerprint density at radius 3 is 1.91 bits per heavy atom. The van der Waals surface area contributed by atoms with Gasteiger partial charge in [0, 0.05) is 0 Å². The van der Waals surface area contributed by atoms with Crippen LogP contribution in [0.25, 0.3) is 0 Å². The van der Waals surface area contributed by atoms with Crippen LogP contribution in [0.5, 0.6) is 0 Å². The summed E-state index contributed by atoms with van der Waals surface area (Å²) in [5.41, 5.74) is 0. The average molecular weight is 176 g/mol. The molecule has 0 aliphatic rings. The topological polar surface area (TPSA) is 0 Å². The molecular weight excluding hydrogens is 154 g/mol. The lowest BCUT2D eigenvalue weighted by Crippen LogP contribution is -2.35. The van der Waals surface area contributed by atoms with Crippen molar-refractivity contribution in [2.24, 2.45) is 0 Å². The second-order valence-electron chi connectivity index (χ2n) is 4.15. The van der Waals surface area contributed by atoms with Gasteiger partial charge in [-0.2, -0.15) is 12.6 Å². The molecule has 0 atom stereocenters. The van der Waals surface area contributed by atoms with Crippen LogP contribution in [0.4, 0.5) is 0 Å². The highest BCUT2D eigenvalue weighted by Crippen LogP contribution is 2.03. The third-order valence-corrected chi connectivity index (χ3v) is 2.05. The summed E-state index contributed by atoms with van der Waals surface area (Å²) in [6.07, 6.45) is 5.36. The zero-order valence-electron chi connectivity index (χ0n) is 8.14. The third kappa shape index (κ3) is 10.3. The lowest BCUT2D eigenvalue weighted by molar-refractivity contribution is -0.870. The summed E-state index contributed by atoms with van der Waals surface area (Å²) in [4.78, 5) is 0. The molecule has 0 aromatic heterocycles. The predicted octanol–water partition coefficient (Wildman–Crippen LogP) is 2.18. The summed E-state index contributed by atoms with van der Waals surface area (Å²) >= 11 is 4.18. The SMILES string of the molecule is C[N+](C)(C)CCCCCCS. The van der Waals surface area contributed by atoms with Crippen LogP contribution in [0.1, 0.15) is 25.7 Å². The zero-order valence-corrected chi connectivity index (χ0v) is 9.03. The van der Waals surface area contributed by atoms with E-state index in [9.17, 15) is 0 Å². The van der Waals surface area contributed by atoms with Crippen molar-refractivity contribution in [2.75, 3.05) is 33.4 Å². The highest BCUT2D eigenvalue weighted by atomic mass is 32.1. The van der Waals surface area contributed by atoms with Crippen molar-refractivity contribution in [3.05, 3.63) is 0 Å². The van der Waals surface area contributed by atoms with E-state index in [0.717, 1.165) is 10.2 Å². The molecule has 0 bridgehead atoms. The van der Waals surface area contributed by atoms with Crippen molar-refractivity contribution < 1.29 is 4.48 Å².